The van der Waals surface area contributed by atoms with Gasteiger partial charge in [-0.15, -0.1) is 0 Å². The molecule has 154 valence electrons. The molecule has 0 saturated carbocycles. The fourth-order valence-corrected chi connectivity index (χ4v) is 3.52. The zero-order valence-corrected chi connectivity index (χ0v) is 17.0. The molecule has 0 fully saturated rings. The Balaban J connectivity index is 0.000000589. The first-order valence-corrected chi connectivity index (χ1v) is 9.53. The van der Waals surface area contributed by atoms with Crippen LogP contribution in [0.4, 0.5) is 0 Å². The summed E-state index contributed by atoms with van der Waals surface area (Å²) >= 11 is 0. The zero-order chi connectivity index (χ0) is 21.7. The summed E-state index contributed by atoms with van der Waals surface area (Å²) in [6.45, 7) is 3.77. The van der Waals surface area contributed by atoms with E-state index < -0.39 is 5.97 Å². The topological polar surface area (TPSA) is 94.6 Å². The Morgan fingerprint density at radius 1 is 0.933 bits per heavy atom. The highest BCUT2D eigenvalue weighted by Crippen LogP contribution is 2.37. The van der Waals surface area contributed by atoms with E-state index >= 15 is 0 Å². The number of carbonyl (C=O) groups excluding carboxylic acids is 1. The number of primary amides is 1. The molecule has 1 aromatic heterocycles. The maximum Gasteiger partial charge on any atom is 0.341 e. The smallest absolute Gasteiger partial charge is 0.341 e. The van der Waals surface area contributed by atoms with Crippen LogP contribution in [0.15, 0.2) is 66.7 Å². The molecule has 0 spiro atoms. The minimum atomic E-state index is -0.980. The normalized spacial score (nSPS) is 10.5. The summed E-state index contributed by atoms with van der Waals surface area (Å²) in [4.78, 5) is 20.2. The lowest BCUT2D eigenvalue weighted by atomic mass is 10.1. The number of amides is 1. The van der Waals surface area contributed by atoms with Crippen molar-refractivity contribution in [3.05, 3.63) is 77.9 Å². The lowest BCUT2D eigenvalue weighted by Crippen LogP contribution is -2.09. The highest BCUT2D eigenvalue weighted by molar-refractivity contribution is 6.12. The molecule has 4 rings (SSSR count). The number of nitrogens with zero attached hydrogens (tertiary/aromatic N) is 1. The number of ether oxygens (including phenoxy) is 1. The molecule has 0 aliphatic heterocycles. The number of fused-ring (bicyclic) bond motifs is 3. The molecule has 1 heterocycles. The summed E-state index contributed by atoms with van der Waals surface area (Å²) in [5, 5.41) is 11.1. The molecule has 0 bridgehead atoms. The number of aromatic nitrogens is 1. The highest BCUT2D eigenvalue weighted by atomic mass is 16.5. The number of carboxylic acid groups (broad SMARTS) is 1. The van der Waals surface area contributed by atoms with Gasteiger partial charge in [0.05, 0.1) is 5.52 Å². The molecular formula is C24H24N2O4. The average Bonchev–Trinajstić information content (AvgIpc) is 3.02. The van der Waals surface area contributed by atoms with Crippen LogP contribution in [0, 0.1) is 6.92 Å². The molecule has 0 aliphatic carbocycles. The van der Waals surface area contributed by atoms with Gasteiger partial charge in [0, 0.05) is 29.8 Å². The predicted molar refractivity (Wildman–Crippen MR) is 118 cm³/mol. The van der Waals surface area contributed by atoms with E-state index in [0.717, 1.165) is 33.9 Å². The van der Waals surface area contributed by atoms with Crippen LogP contribution in [-0.2, 0) is 16.1 Å². The van der Waals surface area contributed by atoms with Crippen LogP contribution in [0.2, 0.25) is 0 Å². The van der Waals surface area contributed by atoms with E-state index in [1.165, 1.54) is 12.5 Å². The van der Waals surface area contributed by atoms with E-state index in [1.54, 1.807) is 0 Å². The summed E-state index contributed by atoms with van der Waals surface area (Å²) < 4.78 is 7.86. The predicted octanol–water partition coefficient (Wildman–Crippen LogP) is 4.11. The van der Waals surface area contributed by atoms with Gasteiger partial charge in [-0.05, 0) is 36.2 Å². The molecule has 0 radical (unpaired) electrons. The van der Waals surface area contributed by atoms with Crippen molar-refractivity contribution in [2.45, 2.75) is 20.4 Å². The fourth-order valence-electron chi connectivity index (χ4n) is 3.52. The number of carboxylic acids is 1. The number of hydrogen-bond donors (Lipinski definition) is 2. The number of carbonyl (C=O) groups is 2. The van der Waals surface area contributed by atoms with Gasteiger partial charge in [0.2, 0.25) is 5.91 Å². The number of rotatable bonds is 5. The highest BCUT2D eigenvalue weighted by Gasteiger charge is 2.16. The lowest BCUT2D eigenvalue weighted by molar-refractivity contribution is -0.139. The van der Waals surface area contributed by atoms with Gasteiger partial charge in [-0.2, -0.15) is 0 Å². The van der Waals surface area contributed by atoms with Crippen LogP contribution in [0.25, 0.3) is 21.8 Å². The quantitative estimate of drug-likeness (QED) is 0.523. The third-order valence-electron chi connectivity index (χ3n) is 4.62. The molecule has 6 heteroatoms. The van der Waals surface area contributed by atoms with Crippen LogP contribution >= 0.6 is 0 Å². The van der Waals surface area contributed by atoms with Crippen molar-refractivity contribution in [3.63, 3.8) is 0 Å². The van der Waals surface area contributed by atoms with Crippen LogP contribution in [0.5, 0.6) is 5.75 Å². The Labute approximate surface area is 174 Å². The SMILES string of the molecule is CC(N)=O.Cc1cccc2c1c1c(OCC(=O)O)cccc1n2Cc1ccccc1. The monoisotopic (exact) mass is 404 g/mol. The van der Waals surface area contributed by atoms with Gasteiger partial charge in [-0.25, -0.2) is 4.79 Å². The van der Waals surface area contributed by atoms with Gasteiger partial charge in [0.15, 0.2) is 6.61 Å². The Kier molecular flexibility index (Phi) is 6.37. The molecule has 4 aromatic rings. The Hall–Kier alpha value is -3.80. The average molecular weight is 404 g/mol. The molecule has 0 aliphatic rings. The molecule has 30 heavy (non-hydrogen) atoms. The molecule has 3 N–H and O–H groups in total. The minimum Gasteiger partial charge on any atom is -0.481 e. The Bertz CT molecular complexity index is 1190. The van der Waals surface area contributed by atoms with Gasteiger partial charge in [0.1, 0.15) is 5.75 Å². The van der Waals surface area contributed by atoms with Crippen molar-refractivity contribution in [3.8, 4) is 5.75 Å². The second-order valence-corrected chi connectivity index (χ2v) is 6.98. The summed E-state index contributed by atoms with van der Waals surface area (Å²) in [5.41, 5.74) is 8.99. The largest absolute Gasteiger partial charge is 0.481 e. The molecule has 3 aromatic carbocycles. The molecule has 0 atom stereocenters. The molecule has 0 unspecified atom stereocenters. The number of hydrogen-bond acceptors (Lipinski definition) is 3. The van der Waals surface area contributed by atoms with E-state index in [4.69, 9.17) is 9.84 Å². The fraction of sp³-hybridized carbons (Fsp3) is 0.167. The van der Waals surface area contributed by atoms with Crippen molar-refractivity contribution >= 4 is 33.7 Å². The Morgan fingerprint density at radius 3 is 2.17 bits per heavy atom. The van der Waals surface area contributed by atoms with Crippen LogP contribution in [0.1, 0.15) is 18.1 Å². The second kappa shape index (κ2) is 9.13. The van der Waals surface area contributed by atoms with Gasteiger partial charge < -0.3 is 20.1 Å². The van der Waals surface area contributed by atoms with E-state index in [0.29, 0.717) is 5.75 Å². The third-order valence-corrected chi connectivity index (χ3v) is 4.62. The van der Waals surface area contributed by atoms with Gasteiger partial charge in [-0.1, -0.05) is 48.5 Å². The second-order valence-electron chi connectivity index (χ2n) is 6.98. The van der Waals surface area contributed by atoms with Crippen LogP contribution < -0.4 is 10.5 Å². The van der Waals surface area contributed by atoms with Crippen molar-refractivity contribution < 1.29 is 19.4 Å². The Morgan fingerprint density at radius 2 is 1.53 bits per heavy atom. The summed E-state index contributed by atoms with van der Waals surface area (Å²) in [7, 11) is 0. The van der Waals surface area contributed by atoms with Crippen molar-refractivity contribution in [1.29, 1.82) is 0 Å². The van der Waals surface area contributed by atoms with Crippen molar-refractivity contribution in [2.24, 2.45) is 5.73 Å². The summed E-state index contributed by atoms with van der Waals surface area (Å²) in [5.74, 6) is -0.706. The molecule has 1 amide bonds. The molecular weight excluding hydrogens is 380 g/mol. The van der Waals surface area contributed by atoms with Crippen molar-refractivity contribution in [1.82, 2.24) is 4.57 Å². The summed E-state index contributed by atoms with van der Waals surface area (Å²) in [6, 6.07) is 22.3. The first kappa shape index (κ1) is 20.9. The van der Waals surface area contributed by atoms with Crippen LogP contribution in [-0.4, -0.2) is 28.2 Å². The number of benzene rings is 3. The van der Waals surface area contributed by atoms with Gasteiger partial charge in [-0.3, -0.25) is 4.79 Å². The van der Waals surface area contributed by atoms with E-state index in [9.17, 15) is 9.59 Å². The maximum absolute atomic E-state index is 11.0. The third kappa shape index (κ3) is 4.60. The first-order chi connectivity index (χ1) is 14.4. The maximum atomic E-state index is 11.0. The van der Waals surface area contributed by atoms with Gasteiger partial charge in [0.25, 0.3) is 0 Å². The molecule has 0 saturated heterocycles. The minimum absolute atomic E-state index is 0.333. The van der Waals surface area contributed by atoms with Crippen molar-refractivity contribution in [2.75, 3.05) is 6.61 Å². The lowest BCUT2D eigenvalue weighted by Gasteiger charge is -2.09. The first-order valence-electron chi connectivity index (χ1n) is 9.53. The number of aryl methyl sites for hydroxylation is 1. The number of aliphatic carboxylic acids is 1. The molecule has 6 nitrogen and oxygen atoms in total. The van der Waals surface area contributed by atoms with Crippen LogP contribution in [0.3, 0.4) is 0 Å². The van der Waals surface area contributed by atoms with Gasteiger partial charge >= 0.3 is 5.97 Å². The number of nitrogens with two attached hydrogens (primary N) is 1. The summed E-state index contributed by atoms with van der Waals surface area (Å²) in [6.07, 6.45) is 0. The standard InChI is InChI=1S/C22H19NO3.C2H5NO/c1-15-7-5-10-17-21(15)22-18(11-6-12-19(22)26-14-20(24)25)23(17)13-16-8-3-2-4-9-16;1-2(3)4/h2-12H,13-14H2,1H3,(H,24,25);1H3,(H2,3,4). The van der Waals surface area contributed by atoms with E-state index in [2.05, 4.69) is 53.6 Å². The van der Waals surface area contributed by atoms with E-state index in [-0.39, 0.29) is 12.5 Å². The zero-order valence-electron chi connectivity index (χ0n) is 17.0. The van der Waals surface area contributed by atoms with E-state index in [1.807, 2.05) is 30.3 Å².